The molecule has 0 rings (SSSR count). The van der Waals surface area contributed by atoms with Gasteiger partial charge in [-0.2, -0.15) is 0 Å². The van der Waals surface area contributed by atoms with Crippen molar-refractivity contribution in [3.05, 3.63) is 0 Å². The minimum atomic E-state index is 0.284. The predicted molar refractivity (Wildman–Crippen MR) is 38.9 cm³/mol. The van der Waals surface area contributed by atoms with Crippen molar-refractivity contribution < 1.29 is 5.11 Å². The molecule has 0 saturated heterocycles. The molecular weight excluding hydrogens is 112 g/mol. The lowest BCUT2D eigenvalue weighted by atomic mass is 10.1. The summed E-state index contributed by atoms with van der Waals surface area (Å²) in [7, 11) is 0. The monoisotopic (exact) mass is 126 g/mol. The second-order valence-electron chi connectivity index (χ2n) is 2.25. The van der Waals surface area contributed by atoms with Crippen LogP contribution in [0.3, 0.4) is 0 Å². The van der Waals surface area contributed by atoms with Crippen molar-refractivity contribution in [2.24, 2.45) is 5.92 Å². The van der Waals surface area contributed by atoms with E-state index in [9.17, 15) is 0 Å². The van der Waals surface area contributed by atoms with Gasteiger partial charge in [-0.15, -0.1) is 11.8 Å². The van der Waals surface area contributed by atoms with Gasteiger partial charge in [0, 0.05) is 13.0 Å². The zero-order valence-electron chi connectivity index (χ0n) is 6.15. The molecule has 0 aromatic heterocycles. The number of rotatable bonds is 3. The van der Waals surface area contributed by atoms with Crippen LogP contribution in [0, 0.1) is 17.8 Å². The Morgan fingerprint density at radius 1 is 1.56 bits per heavy atom. The van der Waals surface area contributed by atoms with Crippen molar-refractivity contribution in [2.75, 3.05) is 6.61 Å². The molecule has 0 unspecified atom stereocenters. The molecule has 0 aliphatic carbocycles. The molecule has 0 aliphatic heterocycles. The van der Waals surface area contributed by atoms with Gasteiger partial charge < -0.3 is 5.11 Å². The standard InChI is InChI=1S/C8H14O/c1-3-4-5-8(2)6-7-9/h8-9H,5-7H2,1-2H3/t8-/m1/s1. The normalized spacial score (nSPS) is 11.9. The first-order valence-corrected chi connectivity index (χ1v) is 3.31. The summed E-state index contributed by atoms with van der Waals surface area (Å²) in [6.45, 7) is 4.22. The van der Waals surface area contributed by atoms with Gasteiger partial charge in [-0.1, -0.05) is 6.92 Å². The van der Waals surface area contributed by atoms with Gasteiger partial charge in [-0.3, -0.25) is 0 Å². The molecule has 0 aromatic carbocycles. The van der Waals surface area contributed by atoms with Crippen molar-refractivity contribution in [3.63, 3.8) is 0 Å². The van der Waals surface area contributed by atoms with Gasteiger partial charge in [0.1, 0.15) is 0 Å². The highest BCUT2D eigenvalue weighted by Gasteiger charge is 1.95. The van der Waals surface area contributed by atoms with Crippen molar-refractivity contribution in [3.8, 4) is 11.8 Å². The fourth-order valence-electron chi connectivity index (χ4n) is 0.599. The molecule has 0 aromatic rings. The SMILES string of the molecule is CC#CC[C@@H](C)CCO. The van der Waals surface area contributed by atoms with E-state index in [1.807, 2.05) is 6.92 Å². The number of aliphatic hydroxyl groups excluding tert-OH is 1. The Hall–Kier alpha value is -0.480. The first-order valence-electron chi connectivity index (χ1n) is 3.31. The van der Waals surface area contributed by atoms with E-state index < -0.39 is 0 Å². The summed E-state index contributed by atoms with van der Waals surface area (Å²) >= 11 is 0. The molecule has 0 radical (unpaired) electrons. The van der Waals surface area contributed by atoms with Gasteiger partial charge in [-0.25, -0.2) is 0 Å². The van der Waals surface area contributed by atoms with E-state index in [0.29, 0.717) is 5.92 Å². The summed E-state index contributed by atoms with van der Waals surface area (Å²) < 4.78 is 0. The summed E-state index contributed by atoms with van der Waals surface area (Å²) in [5.41, 5.74) is 0. The van der Waals surface area contributed by atoms with Crippen LogP contribution >= 0.6 is 0 Å². The molecule has 52 valence electrons. The van der Waals surface area contributed by atoms with Crippen molar-refractivity contribution in [1.82, 2.24) is 0 Å². The van der Waals surface area contributed by atoms with Gasteiger partial charge in [0.15, 0.2) is 0 Å². The zero-order valence-corrected chi connectivity index (χ0v) is 6.15. The number of aliphatic hydroxyl groups is 1. The minimum absolute atomic E-state index is 0.284. The molecule has 0 saturated carbocycles. The largest absolute Gasteiger partial charge is 0.396 e. The van der Waals surface area contributed by atoms with Crippen LogP contribution in [0.25, 0.3) is 0 Å². The lowest BCUT2D eigenvalue weighted by molar-refractivity contribution is 0.264. The van der Waals surface area contributed by atoms with E-state index in [-0.39, 0.29) is 6.61 Å². The van der Waals surface area contributed by atoms with Gasteiger partial charge in [0.2, 0.25) is 0 Å². The Bertz CT molecular complexity index is 107. The highest BCUT2D eigenvalue weighted by Crippen LogP contribution is 2.03. The summed E-state index contributed by atoms with van der Waals surface area (Å²) in [5.74, 6) is 6.34. The van der Waals surface area contributed by atoms with E-state index in [2.05, 4.69) is 18.8 Å². The van der Waals surface area contributed by atoms with Gasteiger partial charge in [0.25, 0.3) is 0 Å². The van der Waals surface area contributed by atoms with Crippen LogP contribution in [0.2, 0.25) is 0 Å². The molecular formula is C8H14O. The van der Waals surface area contributed by atoms with E-state index in [1.165, 1.54) is 0 Å². The van der Waals surface area contributed by atoms with Gasteiger partial charge in [0.05, 0.1) is 0 Å². The van der Waals surface area contributed by atoms with Crippen LogP contribution in [-0.4, -0.2) is 11.7 Å². The van der Waals surface area contributed by atoms with Crippen LogP contribution in [0.4, 0.5) is 0 Å². The van der Waals surface area contributed by atoms with Crippen molar-refractivity contribution >= 4 is 0 Å². The Morgan fingerprint density at radius 3 is 2.67 bits per heavy atom. The topological polar surface area (TPSA) is 20.2 Å². The van der Waals surface area contributed by atoms with Crippen LogP contribution in [0.15, 0.2) is 0 Å². The molecule has 1 heteroatoms. The first kappa shape index (κ1) is 8.52. The molecule has 0 bridgehead atoms. The maximum Gasteiger partial charge on any atom is 0.0433 e. The molecule has 9 heavy (non-hydrogen) atoms. The average molecular weight is 126 g/mol. The van der Waals surface area contributed by atoms with Crippen LogP contribution < -0.4 is 0 Å². The minimum Gasteiger partial charge on any atom is -0.396 e. The summed E-state index contributed by atoms with van der Waals surface area (Å²) in [5, 5.41) is 8.49. The first-order chi connectivity index (χ1) is 4.31. The molecule has 1 N–H and O–H groups in total. The van der Waals surface area contributed by atoms with Gasteiger partial charge in [-0.05, 0) is 19.3 Å². The van der Waals surface area contributed by atoms with E-state index in [1.54, 1.807) is 0 Å². The highest BCUT2D eigenvalue weighted by atomic mass is 16.2. The summed E-state index contributed by atoms with van der Waals surface area (Å²) in [6.07, 6.45) is 1.78. The maximum absolute atomic E-state index is 8.49. The Morgan fingerprint density at radius 2 is 2.22 bits per heavy atom. The summed E-state index contributed by atoms with van der Waals surface area (Å²) in [4.78, 5) is 0. The summed E-state index contributed by atoms with van der Waals surface area (Å²) in [6, 6.07) is 0. The Labute approximate surface area is 57.1 Å². The van der Waals surface area contributed by atoms with Crippen LogP contribution in [0.1, 0.15) is 26.7 Å². The highest BCUT2D eigenvalue weighted by molar-refractivity contribution is 4.95. The quantitative estimate of drug-likeness (QED) is 0.567. The molecule has 0 amide bonds. The molecule has 0 heterocycles. The third-order valence-electron chi connectivity index (χ3n) is 1.25. The second-order valence-corrected chi connectivity index (χ2v) is 2.25. The van der Waals surface area contributed by atoms with Crippen molar-refractivity contribution in [2.45, 2.75) is 26.7 Å². The number of hydrogen-bond acceptors (Lipinski definition) is 1. The molecule has 1 nitrogen and oxygen atoms in total. The van der Waals surface area contributed by atoms with Crippen molar-refractivity contribution in [1.29, 1.82) is 0 Å². The predicted octanol–water partition coefficient (Wildman–Crippen LogP) is 1.42. The maximum atomic E-state index is 8.49. The van der Waals surface area contributed by atoms with E-state index in [4.69, 9.17) is 5.11 Å². The smallest absolute Gasteiger partial charge is 0.0433 e. The molecule has 1 atom stereocenters. The second kappa shape index (κ2) is 5.65. The van der Waals surface area contributed by atoms with E-state index in [0.717, 1.165) is 12.8 Å². The zero-order chi connectivity index (χ0) is 7.11. The Balaban J connectivity index is 3.22. The third-order valence-corrected chi connectivity index (χ3v) is 1.25. The lowest BCUT2D eigenvalue weighted by Gasteiger charge is -2.01. The fraction of sp³-hybridized carbons (Fsp3) is 0.750. The van der Waals surface area contributed by atoms with Crippen LogP contribution in [0.5, 0.6) is 0 Å². The Kier molecular flexibility index (Phi) is 5.35. The molecule has 0 fully saturated rings. The third kappa shape index (κ3) is 5.39. The fourth-order valence-corrected chi connectivity index (χ4v) is 0.599. The molecule has 0 spiro atoms. The van der Waals surface area contributed by atoms with E-state index >= 15 is 0 Å². The van der Waals surface area contributed by atoms with Crippen LogP contribution in [-0.2, 0) is 0 Å². The van der Waals surface area contributed by atoms with Gasteiger partial charge >= 0.3 is 0 Å². The number of hydrogen-bond donors (Lipinski definition) is 1. The average Bonchev–Trinajstić information content (AvgIpc) is 1.85. The lowest BCUT2D eigenvalue weighted by Crippen LogP contribution is -1.95. The molecule has 0 aliphatic rings.